The number of hydrogen-bond donors (Lipinski definition) is 0. The number of alkyl halides is 3. The molecular formula is C31H35F3N4O3S. The monoisotopic (exact) mass is 600 g/mol. The van der Waals surface area contributed by atoms with Gasteiger partial charge in [-0.25, -0.2) is 14.8 Å². The van der Waals surface area contributed by atoms with E-state index in [1.165, 1.54) is 11.0 Å². The van der Waals surface area contributed by atoms with Gasteiger partial charge in [-0.1, -0.05) is 19.1 Å². The Labute approximate surface area is 247 Å². The highest BCUT2D eigenvalue weighted by atomic mass is 32.1. The van der Waals surface area contributed by atoms with Crippen LogP contribution in [-0.4, -0.2) is 55.5 Å². The molecule has 2 heterocycles. The van der Waals surface area contributed by atoms with Crippen molar-refractivity contribution in [3.05, 3.63) is 60.3 Å². The molecular weight excluding hydrogens is 565 g/mol. The normalized spacial score (nSPS) is 12.0. The van der Waals surface area contributed by atoms with E-state index in [0.29, 0.717) is 46.1 Å². The standard InChI is InChI=1S/C31H35F3N4O3S/c1-7-15-40-16-14-38(29(39)41-30(2,3)4)22-10-12-25-26(18-22)42-28(36-25)23-11-8-20(17-24(23)31(32,33)34)21-9-13-27(35-19-21)37(5)6/h8-13,17-19H,7,14-16H2,1-6H3. The van der Waals surface area contributed by atoms with Crippen LogP contribution in [0.1, 0.15) is 39.7 Å². The van der Waals surface area contributed by atoms with Gasteiger partial charge in [0.1, 0.15) is 16.4 Å². The van der Waals surface area contributed by atoms with Crippen LogP contribution in [0.5, 0.6) is 0 Å². The fourth-order valence-electron chi connectivity index (χ4n) is 4.21. The van der Waals surface area contributed by atoms with Gasteiger partial charge in [0.15, 0.2) is 0 Å². The zero-order valence-corrected chi connectivity index (χ0v) is 25.4. The van der Waals surface area contributed by atoms with Crippen molar-refractivity contribution >= 4 is 39.2 Å². The fourth-order valence-corrected chi connectivity index (χ4v) is 5.25. The number of pyridine rings is 1. The number of rotatable bonds is 9. The second-order valence-corrected chi connectivity index (χ2v) is 12.0. The van der Waals surface area contributed by atoms with Gasteiger partial charge < -0.3 is 14.4 Å². The Balaban J connectivity index is 1.70. The topological polar surface area (TPSA) is 67.8 Å². The van der Waals surface area contributed by atoms with Crippen molar-refractivity contribution in [1.82, 2.24) is 9.97 Å². The molecule has 1 amide bonds. The molecule has 224 valence electrons. The Hall–Kier alpha value is -3.70. The highest BCUT2D eigenvalue weighted by Gasteiger charge is 2.35. The maximum atomic E-state index is 14.3. The third-order valence-corrected chi connectivity index (χ3v) is 7.25. The number of fused-ring (bicyclic) bond motifs is 1. The first-order valence-corrected chi connectivity index (χ1v) is 14.4. The molecule has 0 aliphatic carbocycles. The van der Waals surface area contributed by atoms with E-state index in [0.717, 1.165) is 23.8 Å². The van der Waals surface area contributed by atoms with Crippen molar-refractivity contribution in [2.45, 2.75) is 45.9 Å². The molecule has 11 heteroatoms. The van der Waals surface area contributed by atoms with Crippen LogP contribution in [0.3, 0.4) is 0 Å². The molecule has 42 heavy (non-hydrogen) atoms. The second kappa shape index (κ2) is 12.7. The average molecular weight is 601 g/mol. The van der Waals surface area contributed by atoms with E-state index in [1.54, 1.807) is 63.4 Å². The molecule has 0 fully saturated rings. The lowest BCUT2D eigenvalue weighted by atomic mass is 10.00. The smallest absolute Gasteiger partial charge is 0.417 e. The van der Waals surface area contributed by atoms with Crippen molar-refractivity contribution in [2.75, 3.05) is 43.7 Å². The number of ether oxygens (including phenoxy) is 2. The van der Waals surface area contributed by atoms with Gasteiger partial charge in [0.2, 0.25) is 0 Å². The fraction of sp³-hybridized carbons (Fsp3) is 0.387. The summed E-state index contributed by atoms with van der Waals surface area (Å²) in [5, 5.41) is 0.234. The minimum Gasteiger partial charge on any atom is -0.443 e. The molecule has 0 unspecified atom stereocenters. The van der Waals surface area contributed by atoms with E-state index in [2.05, 4.69) is 9.97 Å². The lowest BCUT2D eigenvalue weighted by Crippen LogP contribution is -2.38. The molecule has 0 aliphatic heterocycles. The van der Waals surface area contributed by atoms with Crippen LogP contribution < -0.4 is 9.80 Å². The summed E-state index contributed by atoms with van der Waals surface area (Å²) in [4.78, 5) is 25.2. The van der Waals surface area contributed by atoms with E-state index in [-0.39, 0.29) is 17.1 Å². The van der Waals surface area contributed by atoms with Gasteiger partial charge in [-0.2, -0.15) is 13.2 Å². The second-order valence-electron chi connectivity index (χ2n) is 11.0. The van der Waals surface area contributed by atoms with E-state index in [1.807, 2.05) is 25.9 Å². The summed E-state index contributed by atoms with van der Waals surface area (Å²) in [5.74, 6) is 0.707. The highest BCUT2D eigenvalue weighted by Crippen LogP contribution is 2.42. The van der Waals surface area contributed by atoms with Gasteiger partial charge in [0.05, 0.1) is 28.9 Å². The Morgan fingerprint density at radius 3 is 2.33 bits per heavy atom. The number of carbonyl (C=O) groups is 1. The van der Waals surface area contributed by atoms with Gasteiger partial charge in [-0.05, 0) is 69.2 Å². The van der Waals surface area contributed by atoms with Crippen molar-refractivity contribution in [2.24, 2.45) is 0 Å². The van der Waals surface area contributed by atoms with Gasteiger partial charge in [-0.15, -0.1) is 11.3 Å². The maximum absolute atomic E-state index is 14.3. The first-order chi connectivity index (χ1) is 19.8. The zero-order chi connectivity index (χ0) is 30.7. The van der Waals surface area contributed by atoms with Gasteiger partial charge >= 0.3 is 12.3 Å². The predicted octanol–water partition coefficient (Wildman–Crippen LogP) is 8.28. The number of nitrogens with zero attached hydrogens (tertiary/aromatic N) is 4. The number of aromatic nitrogens is 2. The third kappa shape index (κ3) is 7.57. The lowest BCUT2D eigenvalue weighted by molar-refractivity contribution is -0.137. The Bertz CT molecular complexity index is 1530. The molecule has 0 radical (unpaired) electrons. The first kappa shape index (κ1) is 31.2. The Kier molecular flexibility index (Phi) is 9.42. The van der Waals surface area contributed by atoms with E-state index in [4.69, 9.17) is 9.47 Å². The largest absolute Gasteiger partial charge is 0.443 e. The van der Waals surface area contributed by atoms with Crippen LogP contribution in [0.4, 0.5) is 29.5 Å². The van der Waals surface area contributed by atoms with Crippen molar-refractivity contribution in [3.63, 3.8) is 0 Å². The summed E-state index contributed by atoms with van der Waals surface area (Å²) in [7, 11) is 3.69. The first-order valence-electron chi connectivity index (χ1n) is 13.6. The molecule has 2 aromatic carbocycles. The predicted molar refractivity (Wildman–Crippen MR) is 162 cm³/mol. The van der Waals surface area contributed by atoms with E-state index < -0.39 is 23.4 Å². The summed E-state index contributed by atoms with van der Waals surface area (Å²) < 4.78 is 54.8. The SMILES string of the molecule is CCCOCCN(C(=O)OC(C)(C)C)c1ccc2nc(-c3ccc(-c4ccc(N(C)C)nc4)cc3C(F)(F)F)sc2c1. The van der Waals surface area contributed by atoms with Crippen LogP contribution in [0.15, 0.2) is 54.7 Å². The number of halogens is 3. The summed E-state index contributed by atoms with van der Waals surface area (Å²) in [6.45, 7) is 8.50. The minimum atomic E-state index is -4.60. The molecule has 0 saturated heterocycles. The number of hydrogen-bond acceptors (Lipinski definition) is 7. The van der Waals surface area contributed by atoms with Crippen LogP contribution in [0.2, 0.25) is 0 Å². The maximum Gasteiger partial charge on any atom is 0.417 e. The Morgan fingerprint density at radius 2 is 1.71 bits per heavy atom. The van der Waals surface area contributed by atoms with Gasteiger partial charge in [0.25, 0.3) is 0 Å². The van der Waals surface area contributed by atoms with Crippen LogP contribution in [-0.2, 0) is 15.7 Å². The average Bonchev–Trinajstić information content (AvgIpc) is 3.34. The van der Waals surface area contributed by atoms with Crippen molar-refractivity contribution < 1.29 is 27.4 Å². The zero-order valence-electron chi connectivity index (χ0n) is 24.6. The summed E-state index contributed by atoms with van der Waals surface area (Å²) >= 11 is 1.14. The number of benzene rings is 2. The molecule has 0 bridgehead atoms. The summed E-state index contributed by atoms with van der Waals surface area (Å²) in [6.07, 6.45) is -2.72. The van der Waals surface area contributed by atoms with Crippen molar-refractivity contribution in [1.29, 1.82) is 0 Å². The molecule has 2 aromatic heterocycles. The number of amides is 1. The quantitative estimate of drug-likeness (QED) is 0.180. The molecule has 0 saturated carbocycles. The summed E-state index contributed by atoms with van der Waals surface area (Å²) in [5.41, 5.74) is 0.579. The van der Waals surface area contributed by atoms with Gasteiger partial charge in [-0.3, -0.25) is 4.90 Å². The third-order valence-electron chi connectivity index (χ3n) is 6.20. The van der Waals surface area contributed by atoms with Gasteiger partial charge in [0, 0.05) is 43.7 Å². The van der Waals surface area contributed by atoms with E-state index in [9.17, 15) is 18.0 Å². The molecule has 0 aliphatic rings. The van der Waals surface area contributed by atoms with Crippen LogP contribution in [0, 0.1) is 0 Å². The number of thiazole rings is 1. The molecule has 4 rings (SSSR count). The molecule has 7 nitrogen and oxygen atoms in total. The van der Waals surface area contributed by atoms with E-state index >= 15 is 0 Å². The molecule has 0 spiro atoms. The van der Waals surface area contributed by atoms with Crippen LogP contribution >= 0.6 is 11.3 Å². The van der Waals surface area contributed by atoms with Crippen LogP contribution in [0.25, 0.3) is 31.9 Å². The number of anilines is 2. The minimum absolute atomic E-state index is 0.0103. The summed E-state index contributed by atoms with van der Waals surface area (Å²) in [6, 6.07) is 12.9. The molecule has 0 N–H and O–H groups in total. The van der Waals surface area contributed by atoms with Crippen molar-refractivity contribution in [3.8, 4) is 21.7 Å². The Morgan fingerprint density at radius 1 is 0.976 bits per heavy atom. The number of carbonyl (C=O) groups excluding carboxylic acids is 1. The highest BCUT2D eigenvalue weighted by molar-refractivity contribution is 7.21. The molecule has 0 atom stereocenters. The lowest BCUT2D eigenvalue weighted by Gasteiger charge is -2.27. The molecule has 4 aromatic rings.